The van der Waals surface area contributed by atoms with E-state index in [1.807, 2.05) is 54.6 Å². The van der Waals surface area contributed by atoms with E-state index in [0.29, 0.717) is 17.7 Å². The minimum absolute atomic E-state index is 0.0788. The lowest BCUT2D eigenvalue weighted by molar-refractivity contribution is -0.137. The SMILES string of the molecule is CCNCc1ccc(NC(=C2C(=O)Nc3cc(Br)ccc32)c2ccc(CCC(=O)O)cc2)cc1. The van der Waals surface area contributed by atoms with Crippen LogP contribution in [0, 0.1) is 0 Å². The fourth-order valence-electron chi connectivity index (χ4n) is 3.88. The van der Waals surface area contributed by atoms with Crippen LogP contribution in [-0.4, -0.2) is 23.5 Å². The summed E-state index contributed by atoms with van der Waals surface area (Å²) in [7, 11) is 0. The number of carboxylic acid groups (broad SMARTS) is 1. The lowest BCUT2D eigenvalue weighted by Crippen LogP contribution is -2.12. The second-order valence-corrected chi connectivity index (χ2v) is 9.00. The third kappa shape index (κ3) is 5.55. The number of rotatable bonds is 9. The van der Waals surface area contributed by atoms with Crippen LogP contribution in [0.2, 0.25) is 0 Å². The van der Waals surface area contributed by atoms with Gasteiger partial charge in [-0.25, -0.2) is 0 Å². The number of hydrogen-bond acceptors (Lipinski definition) is 4. The van der Waals surface area contributed by atoms with Crippen molar-refractivity contribution in [3.05, 3.63) is 93.5 Å². The van der Waals surface area contributed by atoms with Gasteiger partial charge in [0.15, 0.2) is 0 Å². The predicted octanol–water partition coefficient (Wildman–Crippen LogP) is 5.51. The third-order valence-corrected chi connectivity index (χ3v) is 6.14. The molecular formula is C27H26BrN3O3. The molecule has 0 aromatic heterocycles. The van der Waals surface area contributed by atoms with Gasteiger partial charge in [-0.2, -0.15) is 0 Å². The van der Waals surface area contributed by atoms with Crippen molar-refractivity contribution in [2.24, 2.45) is 0 Å². The molecule has 6 nitrogen and oxygen atoms in total. The zero-order chi connectivity index (χ0) is 24.1. The highest BCUT2D eigenvalue weighted by Gasteiger charge is 2.28. The minimum Gasteiger partial charge on any atom is -0.481 e. The Balaban J connectivity index is 1.73. The van der Waals surface area contributed by atoms with Gasteiger partial charge in [-0.15, -0.1) is 0 Å². The largest absolute Gasteiger partial charge is 0.481 e. The highest BCUT2D eigenvalue weighted by molar-refractivity contribution is 9.10. The molecule has 3 aromatic rings. The fraction of sp³-hybridized carbons (Fsp3) is 0.185. The molecule has 0 fully saturated rings. The molecule has 34 heavy (non-hydrogen) atoms. The number of amides is 1. The molecule has 1 aliphatic heterocycles. The number of hydrogen-bond donors (Lipinski definition) is 4. The Morgan fingerprint density at radius 3 is 2.38 bits per heavy atom. The number of carbonyl (C=O) groups excluding carboxylic acids is 1. The van der Waals surface area contributed by atoms with Crippen LogP contribution in [0.1, 0.15) is 35.6 Å². The number of carboxylic acids is 1. The molecule has 0 spiro atoms. The molecule has 4 rings (SSSR count). The normalized spacial score (nSPS) is 13.9. The molecule has 0 saturated heterocycles. The molecule has 4 N–H and O–H groups in total. The van der Waals surface area contributed by atoms with Gasteiger partial charge in [0.1, 0.15) is 0 Å². The number of fused-ring (bicyclic) bond motifs is 1. The first kappa shape index (κ1) is 23.7. The Morgan fingerprint density at radius 1 is 1.00 bits per heavy atom. The minimum atomic E-state index is -0.823. The quantitative estimate of drug-likeness (QED) is 0.280. The average Bonchev–Trinajstić information content (AvgIpc) is 3.15. The number of anilines is 2. The Morgan fingerprint density at radius 2 is 1.71 bits per heavy atom. The summed E-state index contributed by atoms with van der Waals surface area (Å²) in [4.78, 5) is 24.0. The zero-order valence-corrected chi connectivity index (χ0v) is 20.4. The lowest BCUT2D eigenvalue weighted by atomic mass is 9.98. The molecule has 7 heteroatoms. The van der Waals surface area contributed by atoms with E-state index in [-0.39, 0.29) is 12.3 Å². The summed E-state index contributed by atoms with van der Waals surface area (Å²) in [5, 5.41) is 18.7. The van der Waals surface area contributed by atoms with E-state index in [4.69, 9.17) is 5.11 Å². The van der Waals surface area contributed by atoms with Crippen LogP contribution in [-0.2, 0) is 22.6 Å². The maximum atomic E-state index is 13.1. The van der Waals surface area contributed by atoms with Crippen LogP contribution < -0.4 is 16.0 Å². The van der Waals surface area contributed by atoms with Crippen LogP contribution >= 0.6 is 15.9 Å². The van der Waals surface area contributed by atoms with Gasteiger partial charge in [0.2, 0.25) is 0 Å². The maximum Gasteiger partial charge on any atom is 0.303 e. The molecule has 0 atom stereocenters. The molecule has 0 saturated carbocycles. The topological polar surface area (TPSA) is 90.5 Å². The molecule has 174 valence electrons. The van der Waals surface area contributed by atoms with Gasteiger partial charge in [0.05, 0.1) is 17.0 Å². The monoisotopic (exact) mass is 519 g/mol. The Labute approximate surface area is 207 Å². The van der Waals surface area contributed by atoms with E-state index in [1.54, 1.807) is 0 Å². The average molecular weight is 520 g/mol. The standard InChI is InChI=1S/C27H26BrN3O3/c1-2-29-16-18-5-11-21(12-6-18)30-26(19-8-3-17(4-9-19)7-14-24(32)33)25-22-13-10-20(28)15-23(22)31-27(25)34/h3-6,8-13,15,29-30H,2,7,14,16H2,1H3,(H,31,34)(H,32,33). The van der Waals surface area contributed by atoms with Crippen LogP contribution in [0.25, 0.3) is 11.3 Å². The number of halogens is 1. The molecule has 1 heterocycles. The summed E-state index contributed by atoms with van der Waals surface area (Å²) in [5.41, 5.74) is 6.68. The highest BCUT2D eigenvalue weighted by atomic mass is 79.9. The predicted molar refractivity (Wildman–Crippen MR) is 139 cm³/mol. The fourth-order valence-corrected chi connectivity index (χ4v) is 4.24. The van der Waals surface area contributed by atoms with Crippen molar-refractivity contribution in [2.75, 3.05) is 17.2 Å². The Kier molecular flexibility index (Phi) is 7.45. The van der Waals surface area contributed by atoms with E-state index in [1.165, 1.54) is 5.56 Å². The first-order valence-corrected chi connectivity index (χ1v) is 12.0. The number of benzene rings is 3. The third-order valence-electron chi connectivity index (χ3n) is 5.65. The van der Waals surface area contributed by atoms with Gasteiger partial charge >= 0.3 is 5.97 Å². The lowest BCUT2D eigenvalue weighted by Gasteiger charge is -2.16. The van der Waals surface area contributed by atoms with Crippen molar-refractivity contribution in [1.29, 1.82) is 0 Å². The van der Waals surface area contributed by atoms with Gasteiger partial charge < -0.3 is 21.1 Å². The van der Waals surface area contributed by atoms with E-state index >= 15 is 0 Å². The summed E-state index contributed by atoms with van der Waals surface area (Å²) in [6, 6.07) is 21.5. The molecule has 3 aromatic carbocycles. The Bertz CT molecular complexity index is 1230. The molecular weight excluding hydrogens is 494 g/mol. The van der Waals surface area contributed by atoms with Gasteiger partial charge in [-0.1, -0.05) is 65.3 Å². The van der Waals surface area contributed by atoms with Gasteiger partial charge in [-0.05, 0) is 53.9 Å². The van der Waals surface area contributed by atoms with Crippen molar-refractivity contribution in [2.45, 2.75) is 26.3 Å². The van der Waals surface area contributed by atoms with E-state index < -0.39 is 5.97 Å². The number of aryl methyl sites for hydroxylation is 1. The van der Waals surface area contributed by atoms with E-state index in [0.717, 1.165) is 45.6 Å². The summed E-state index contributed by atoms with van der Waals surface area (Å²) in [6.45, 7) is 3.78. The maximum absolute atomic E-state index is 13.1. The molecule has 1 amide bonds. The van der Waals surface area contributed by atoms with Crippen molar-refractivity contribution in [3.63, 3.8) is 0 Å². The van der Waals surface area contributed by atoms with Gasteiger partial charge in [0.25, 0.3) is 5.91 Å². The smallest absolute Gasteiger partial charge is 0.303 e. The summed E-state index contributed by atoms with van der Waals surface area (Å²) < 4.78 is 0.890. The van der Waals surface area contributed by atoms with Gasteiger partial charge in [-0.3, -0.25) is 9.59 Å². The summed E-state index contributed by atoms with van der Waals surface area (Å²) in [5.74, 6) is -0.995. The molecule has 1 aliphatic rings. The highest BCUT2D eigenvalue weighted by Crippen LogP contribution is 2.38. The van der Waals surface area contributed by atoms with Gasteiger partial charge in [0, 0.05) is 28.7 Å². The second kappa shape index (κ2) is 10.7. The van der Waals surface area contributed by atoms with E-state index in [2.05, 4.69) is 50.9 Å². The first-order chi connectivity index (χ1) is 16.4. The van der Waals surface area contributed by atoms with Crippen LogP contribution in [0.3, 0.4) is 0 Å². The molecule has 0 unspecified atom stereocenters. The molecule has 0 radical (unpaired) electrons. The number of aliphatic carboxylic acids is 1. The molecule has 0 bridgehead atoms. The summed E-state index contributed by atoms with van der Waals surface area (Å²) >= 11 is 3.47. The molecule has 0 aliphatic carbocycles. The first-order valence-electron chi connectivity index (χ1n) is 11.2. The number of carbonyl (C=O) groups is 2. The number of nitrogens with one attached hydrogen (secondary N) is 3. The summed E-state index contributed by atoms with van der Waals surface area (Å²) in [6.07, 6.45) is 0.537. The zero-order valence-electron chi connectivity index (χ0n) is 18.8. The van der Waals surface area contributed by atoms with Crippen molar-refractivity contribution in [1.82, 2.24) is 5.32 Å². The Hall–Kier alpha value is -3.42. The second-order valence-electron chi connectivity index (χ2n) is 8.09. The van der Waals surface area contributed by atoms with Crippen molar-refractivity contribution >= 4 is 50.5 Å². The van der Waals surface area contributed by atoms with E-state index in [9.17, 15) is 9.59 Å². The van der Waals surface area contributed by atoms with Crippen molar-refractivity contribution < 1.29 is 14.7 Å². The van der Waals surface area contributed by atoms with Crippen LogP contribution in [0.5, 0.6) is 0 Å². The van der Waals surface area contributed by atoms with Crippen molar-refractivity contribution in [3.8, 4) is 0 Å². The van der Waals surface area contributed by atoms with Crippen LogP contribution in [0.15, 0.2) is 71.2 Å². The van der Waals surface area contributed by atoms with Crippen LogP contribution in [0.4, 0.5) is 11.4 Å².